The molecule has 1 aromatic carbocycles. The Hall–Kier alpha value is -1.02. The van der Waals surface area contributed by atoms with Crippen molar-refractivity contribution in [1.29, 1.82) is 0 Å². The summed E-state index contributed by atoms with van der Waals surface area (Å²) < 4.78 is 5.62. The van der Waals surface area contributed by atoms with E-state index < -0.39 is 0 Å². The zero-order valence-electron chi connectivity index (χ0n) is 12.8. The van der Waals surface area contributed by atoms with Crippen LogP contribution in [0.1, 0.15) is 62.5 Å². The molecule has 2 aliphatic carbocycles. The molecule has 2 nitrogen and oxygen atoms in total. The average molecular weight is 273 g/mol. The first-order valence-electron chi connectivity index (χ1n) is 8.07. The first-order chi connectivity index (χ1) is 9.68. The molecule has 2 fully saturated rings. The number of rotatable bonds is 4. The van der Waals surface area contributed by atoms with Crippen LogP contribution in [0.25, 0.3) is 0 Å². The molecule has 20 heavy (non-hydrogen) atoms. The normalized spacial score (nSPS) is 28.1. The second kappa shape index (κ2) is 5.40. The van der Waals surface area contributed by atoms with E-state index in [1.807, 2.05) is 0 Å². The van der Waals surface area contributed by atoms with Gasteiger partial charge in [0.25, 0.3) is 0 Å². The van der Waals surface area contributed by atoms with Crippen LogP contribution in [0.4, 0.5) is 0 Å². The molecule has 110 valence electrons. The molecule has 3 rings (SSSR count). The zero-order chi connectivity index (χ0) is 14.2. The highest BCUT2D eigenvalue weighted by Gasteiger charge is 2.43. The van der Waals surface area contributed by atoms with Crippen LogP contribution in [0.5, 0.6) is 5.75 Å². The van der Waals surface area contributed by atoms with Crippen molar-refractivity contribution in [2.75, 3.05) is 13.7 Å². The van der Waals surface area contributed by atoms with Crippen LogP contribution in [-0.2, 0) is 5.41 Å². The fourth-order valence-corrected chi connectivity index (χ4v) is 3.72. The molecule has 0 bridgehead atoms. The van der Waals surface area contributed by atoms with Crippen LogP contribution in [0.2, 0.25) is 0 Å². The number of ether oxygens (including phenoxy) is 1. The van der Waals surface area contributed by atoms with E-state index in [1.54, 1.807) is 7.11 Å². The summed E-state index contributed by atoms with van der Waals surface area (Å²) in [6.07, 6.45) is 7.79. The summed E-state index contributed by atoms with van der Waals surface area (Å²) in [5.41, 5.74) is 9.13. The van der Waals surface area contributed by atoms with Crippen molar-refractivity contribution in [3.05, 3.63) is 29.3 Å². The van der Waals surface area contributed by atoms with E-state index >= 15 is 0 Å². The van der Waals surface area contributed by atoms with Gasteiger partial charge in [0, 0.05) is 12.0 Å². The minimum Gasteiger partial charge on any atom is -0.496 e. The summed E-state index contributed by atoms with van der Waals surface area (Å²) in [5, 5.41) is 0. The van der Waals surface area contributed by atoms with E-state index in [-0.39, 0.29) is 5.41 Å². The third-order valence-corrected chi connectivity index (χ3v) is 5.54. The first kappa shape index (κ1) is 13.9. The predicted octanol–water partition coefficient (Wildman–Crippen LogP) is 3.98. The molecule has 2 saturated carbocycles. The predicted molar refractivity (Wildman–Crippen MR) is 83.3 cm³/mol. The lowest BCUT2D eigenvalue weighted by Gasteiger charge is -2.28. The molecular weight excluding hydrogens is 246 g/mol. The number of nitrogens with two attached hydrogens (primary N) is 1. The fraction of sp³-hybridized carbons (Fsp3) is 0.667. The van der Waals surface area contributed by atoms with Crippen molar-refractivity contribution >= 4 is 0 Å². The Balaban J connectivity index is 1.89. The van der Waals surface area contributed by atoms with Gasteiger partial charge in [0.1, 0.15) is 5.75 Å². The maximum absolute atomic E-state index is 5.99. The second-order valence-electron chi connectivity index (χ2n) is 6.90. The molecule has 1 aromatic rings. The molecule has 0 unspecified atom stereocenters. The van der Waals surface area contributed by atoms with Crippen molar-refractivity contribution < 1.29 is 4.74 Å². The largest absolute Gasteiger partial charge is 0.496 e. The lowest BCUT2D eigenvalue weighted by atomic mass is 9.78. The van der Waals surface area contributed by atoms with Crippen LogP contribution in [-0.4, -0.2) is 13.7 Å². The van der Waals surface area contributed by atoms with Gasteiger partial charge in [0.15, 0.2) is 0 Å². The van der Waals surface area contributed by atoms with Crippen molar-refractivity contribution in [2.24, 2.45) is 11.7 Å². The Bertz CT molecular complexity index is 470. The van der Waals surface area contributed by atoms with Crippen LogP contribution < -0.4 is 10.5 Å². The Morgan fingerprint density at radius 3 is 2.45 bits per heavy atom. The molecule has 0 atom stereocenters. The van der Waals surface area contributed by atoms with Gasteiger partial charge in [-0.25, -0.2) is 0 Å². The van der Waals surface area contributed by atoms with E-state index in [2.05, 4.69) is 25.1 Å². The molecule has 0 heterocycles. The number of hydrogen-bond donors (Lipinski definition) is 1. The van der Waals surface area contributed by atoms with E-state index in [9.17, 15) is 0 Å². The average Bonchev–Trinajstić information content (AvgIpc) is 3.28. The first-order valence-corrected chi connectivity index (χ1v) is 8.07. The summed E-state index contributed by atoms with van der Waals surface area (Å²) in [6, 6.07) is 6.80. The monoisotopic (exact) mass is 273 g/mol. The van der Waals surface area contributed by atoms with Gasteiger partial charge < -0.3 is 10.5 Å². The molecular formula is C18H27NO. The third-order valence-electron chi connectivity index (χ3n) is 5.54. The number of methoxy groups -OCH3 is 1. The van der Waals surface area contributed by atoms with Gasteiger partial charge >= 0.3 is 0 Å². The molecule has 0 aromatic heterocycles. The van der Waals surface area contributed by atoms with Crippen LogP contribution in [0.15, 0.2) is 18.2 Å². The lowest BCUT2D eigenvalue weighted by molar-refractivity contribution is 0.336. The van der Waals surface area contributed by atoms with E-state index in [0.717, 1.165) is 18.2 Å². The molecule has 0 spiro atoms. The summed E-state index contributed by atoms with van der Waals surface area (Å²) in [4.78, 5) is 0. The smallest absolute Gasteiger partial charge is 0.122 e. The number of benzene rings is 1. The van der Waals surface area contributed by atoms with Gasteiger partial charge in [-0.15, -0.1) is 0 Å². The molecule has 0 radical (unpaired) electrons. The van der Waals surface area contributed by atoms with Crippen LogP contribution in [0.3, 0.4) is 0 Å². The minimum absolute atomic E-state index is 0.281. The third kappa shape index (κ3) is 2.46. The Morgan fingerprint density at radius 1 is 1.20 bits per heavy atom. The Kier molecular flexibility index (Phi) is 3.76. The maximum Gasteiger partial charge on any atom is 0.122 e. The summed E-state index contributed by atoms with van der Waals surface area (Å²) in [5.74, 6) is 2.63. The highest BCUT2D eigenvalue weighted by atomic mass is 16.5. The van der Waals surface area contributed by atoms with Gasteiger partial charge in [-0.3, -0.25) is 0 Å². The Labute approximate surface area is 122 Å². The standard InChI is InChI=1S/C18H27NO/c1-13-3-5-14(6-4-13)16-11-15(7-8-17(16)20-2)18(12-19)9-10-18/h7-8,11,13-14H,3-6,9-10,12,19H2,1-2H3. The van der Waals surface area contributed by atoms with Gasteiger partial charge in [0.05, 0.1) is 7.11 Å². The lowest BCUT2D eigenvalue weighted by Crippen LogP contribution is -2.20. The Morgan fingerprint density at radius 2 is 1.90 bits per heavy atom. The van der Waals surface area contributed by atoms with Gasteiger partial charge in [-0.1, -0.05) is 31.9 Å². The van der Waals surface area contributed by atoms with Crippen molar-refractivity contribution in [3.63, 3.8) is 0 Å². The number of hydrogen-bond acceptors (Lipinski definition) is 2. The van der Waals surface area contributed by atoms with Crippen LogP contribution >= 0.6 is 0 Å². The molecule has 2 aliphatic rings. The van der Waals surface area contributed by atoms with Crippen molar-refractivity contribution in [3.8, 4) is 5.75 Å². The topological polar surface area (TPSA) is 35.2 Å². The van der Waals surface area contributed by atoms with Crippen molar-refractivity contribution in [2.45, 2.75) is 56.8 Å². The van der Waals surface area contributed by atoms with Crippen LogP contribution in [0, 0.1) is 5.92 Å². The summed E-state index contributed by atoms with van der Waals surface area (Å²) in [7, 11) is 1.79. The molecule has 0 amide bonds. The highest BCUT2D eigenvalue weighted by Crippen LogP contribution is 2.49. The summed E-state index contributed by atoms with van der Waals surface area (Å²) in [6.45, 7) is 3.15. The maximum atomic E-state index is 5.99. The molecule has 2 N–H and O–H groups in total. The molecule has 0 aliphatic heterocycles. The quantitative estimate of drug-likeness (QED) is 0.900. The molecule has 0 saturated heterocycles. The summed E-state index contributed by atoms with van der Waals surface area (Å²) >= 11 is 0. The van der Waals surface area contributed by atoms with E-state index in [4.69, 9.17) is 10.5 Å². The SMILES string of the molecule is COc1ccc(C2(CN)CC2)cc1C1CCC(C)CC1. The minimum atomic E-state index is 0.281. The van der Waals surface area contributed by atoms with E-state index in [1.165, 1.54) is 49.7 Å². The fourth-order valence-electron chi connectivity index (χ4n) is 3.72. The second-order valence-corrected chi connectivity index (χ2v) is 6.90. The highest BCUT2D eigenvalue weighted by molar-refractivity contribution is 5.44. The van der Waals surface area contributed by atoms with Gasteiger partial charge in [-0.05, 0) is 54.7 Å². The molecule has 2 heteroatoms. The van der Waals surface area contributed by atoms with Gasteiger partial charge in [-0.2, -0.15) is 0 Å². The van der Waals surface area contributed by atoms with Crippen molar-refractivity contribution in [1.82, 2.24) is 0 Å². The van der Waals surface area contributed by atoms with Gasteiger partial charge in [0.2, 0.25) is 0 Å². The van der Waals surface area contributed by atoms with E-state index in [0.29, 0.717) is 5.92 Å². The zero-order valence-corrected chi connectivity index (χ0v) is 12.8.